The van der Waals surface area contributed by atoms with E-state index in [1.54, 1.807) is 18.2 Å². The Hall–Kier alpha value is -2.71. The normalized spacial score (nSPS) is 16.8. The second kappa shape index (κ2) is 8.79. The number of carbonyl (C=O) groups is 1. The molecule has 3 rings (SSSR count). The SMILES string of the molecule is CCCOC1CCCN(C(=O)c2cccc(-c3ccc(F)c(C#N)c3)c2)C1. The summed E-state index contributed by atoms with van der Waals surface area (Å²) in [4.78, 5) is 14.8. The summed E-state index contributed by atoms with van der Waals surface area (Å²) < 4.78 is 19.4. The maximum absolute atomic E-state index is 13.6. The quantitative estimate of drug-likeness (QED) is 0.788. The van der Waals surface area contributed by atoms with E-state index in [2.05, 4.69) is 6.92 Å². The summed E-state index contributed by atoms with van der Waals surface area (Å²) in [7, 11) is 0. The molecule has 1 aliphatic rings. The number of amides is 1. The van der Waals surface area contributed by atoms with Crippen molar-refractivity contribution in [1.29, 1.82) is 5.26 Å². The van der Waals surface area contributed by atoms with E-state index >= 15 is 0 Å². The summed E-state index contributed by atoms with van der Waals surface area (Å²) in [6.07, 6.45) is 2.98. The average molecular weight is 366 g/mol. The van der Waals surface area contributed by atoms with E-state index in [0.29, 0.717) is 24.3 Å². The first-order valence-corrected chi connectivity index (χ1v) is 9.33. The molecule has 0 N–H and O–H groups in total. The summed E-state index contributed by atoms with van der Waals surface area (Å²) in [6, 6.07) is 13.5. The first-order valence-electron chi connectivity index (χ1n) is 9.33. The number of likely N-dealkylation sites (tertiary alicyclic amines) is 1. The molecular formula is C22H23FN2O2. The van der Waals surface area contributed by atoms with Crippen LogP contribution in [0.2, 0.25) is 0 Å². The molecule has 4 nitrogen and oxygen atoms in total. The second-order valence-corrected chi connectivity index (χ2v) is 6.77. The largest absolute Gasteiger partial charge is 0.376 e. The fraction of sp³-hybridized carbons (Fsp3) is 0.364. The molecule has 27 heavy (non-hydrogen) atoms. The molecule has 1 aliphatic heterocycles. The van der Waals surface area contributed by atoms with Crippen molar-refractivity contribution in [3.05, 3.63) is 59.4 Å². The Kier molecular flexibility index (Phi) is 6.20. The van der Waals surface area contributed by atoms with E-state index < -0.39 is 5.82 Å². The summed E-state index contributed by atoms with van der Waals surface area (Å²) in [5, 5.41) is 9.03. The number of halogens is 1. The van der Waals surface area contributed by atoms with Crippen molar-refractivity contribution in [3.8, 4) is 17.2 Å². The van der Waals surface area contributed by atoms with Gasteiger partial charge in [0, 0.05) is 25.3 Å². The van der Waals surface area contributed by atoms with Gasteiger partial charge in [-0.3, -0.25) is 4.79 Å². The predicted octanol–water partition coefficient (Wildman–Crippen LogP) is 4.40. The zero-order chi connectivity index (χ0) is 19.2. The summed E-state index contributed by atoms with van der Waals surface area (Å²) in [6.45, 7) is 4.13. The number of hydrogen-bond acceptors (Lipinski definition) is 3. The van der Waals surface area contributed by atoms with Crippen LogP contribution in [0.4, 0.5) is 4.39 Å². The van der Waals surface area contributed by atoms with Gasteiger partial charge in [0.25, 0.3) is 5.91 Å². The minimum Gasteiger partial charge on any atom is -0.376 e. The van der Waals surface area contributed by atoms with Crippen molar-refractivity contribution in [2.24, 2.45) is 0 Å². The number of ether oxygens (including phenoxy) is 1. The standard InChI is InChI=1S/C22H23FN2O2/c1-2-11-27-20-7-4-10-25(15-20)22(26)18-6-3-5-16(12-18)17-8-9-21(23)19(13-17)14-24/h3,5-6,8-9,12-13,20H,2,4,7,10-11,15H2,1H3. The van der Waals surface area contributed by atoms with Crippen molar-refractivity contribution >= 4 is 5.91 Å². The number of rotatable bonds is 5. The van der Waals surface area contributed by atoms with Crippen molar-refractivity contribution in [2.75, 3.05) is 19.7 Å². The molecule has 1 heterocycles. The highest BCUT2D eigenvalue weighted by atomic mass is 19.1. The summed E-state index contributed by atoms with van der Waals surface area (Å²) >= 11 is 0. The van der Waals surface area contributed by atoms with Crippen LogP contribution in [0.3, 0.4) is 0 Å². The van der Waals surface area contributed by atoms with Crippen LogP contribution >= 0.6 is 0 Å². The molecule has 0 spiro atoms. The van der Waals surface area contributed by atoms with Gasteiger partial charge in [-0.1, -0.05) is 25.1 Å². The fourth-order valence-corrected chi connectivity index (χ4v) is 3.35. The highest BCUT2D eigenvalue weighted by molar-refractivity contribution is 5.95. The van der Waals surface area contributed by atoms with Gasteiger partial charge in [0.1, 0.15) is 11.9 Å². The molecule has 1 atom stereocenters. The highest BCUT2D eigenvalue weighted by Crippen LogP contribution is 2.24. The number of nitriles is 1. The van der Waals surface area contributed by atoms with E-state index in [0.717, 1.165) is 31.4 Å². The van der Waals surface area contributed by atoms with Gasteiger partial charge in [-0.15, -0.1) is 0 Å². The molecule has 5 heteroatoms. The number of carbonyl (C=O) groups excluding carboxylic acids is 1. The molecule has 0 bridgehead atoms. The van der Waals surface area contributed by atoms with Gasteiger partial charge in [-0.2, -0.15) is 5.26 Å². The summed E-state index contributed by atoms with van der Waals surface area (Å²) in [5.74, 6) is -0.566. The molecule has 0 saturated carbocycles. The molecule has 2 aromatic carbocycles. The molecule has 0 radical (unpaired) electrons. The van der Waals surface area contributed by atoms with Gasteiger partial charge in [-0.25, -0.2) is 4.39 Å². The molecule has 0 aromatic heterocycles. The third-order valence-electron chi connectivity index (χ3n) is 4.75. The lowest BCUT2D eigenvalue weighted by atomic mass is 10.00. The first kappa shape index (κ1) is 19.1. The summed E-state index contributed by atoms with van der Waals surface area (Å²) in [5.41, 5.74) is 2.08. The lowest BCUT2D eigenvalue weighted by Gasteiger charge is -2.32. The topological polar surface area (TPSA) is 53.3 Å². The molecule has 1 fully saturated rings. The van der Waals surface area contributed by atoms with E-state index in [-0.39, 0.29) is 17.6 Å². The Balaban J connectivity index is 1.79. The molecule has 1 unspecified atom stereocenters. The van der Waals surface area contributed by atoms with Crippen LogP contribution in [-0.2, 0) is 4.74 Å². The first-order chi connectivity index (χ1) is 13.1. The van der Waals surface area contributed by atoms with Crippen molar-refractivity contribution in [1.82, 2.24) is 4.90 Å². The Labute approximate surface area is 159 Å². The minimum absolute atomic E-state index is 0.00354. The van der Waals surface area contributed by atoms with Gasteiger partial charge in [-0.05, 0) is 54.7 Å². The second-order valence-electron chi connectivity index (χ2n) is 6.77. The smallest absolute Gasteiger partial charge is 0.253 e. The lowest BCUT2D eigenvalue weighted by molar-refractivity contribution is 0.00211. The predicted molar refractivity (Wildman–Crippen MR) is 102 cm³/mol. The van der Waals surface area contributed by atoms with Crippen molar-refractivity contribution in [3.63, 3.8) is 0 Å². The van der Waals surface area contributed by atoms with Gasteiger partial charge < -0.3 is 9.64 Å². The molecule has 1 amide bonds. The van der Waals surface area contributed by atoms with Crippen molar-refractivity contribution in [2.45, 2.75) is 32.3 Å². The van der Waals surface area contributed by atoms with E-state index in [4.69, 9.17) is 10.00 Å². The van der Waals surface area contributed by atoms with E-state index in [9.17, 15) is 9.18 Å². The highest BCUT2D eigenvalue weighted by Gasteiger charge is 2.25. The maximum Gasteiger partial charge on any atom is 0.253 e. The minimum atomic E-state index is -0.542. The van der Waals surface area contributed by atoms with Crippen LogP contribution in [-0.4, -0.2) is 36.6 Å². The van der Waals surface area contributed by atoms with Gasteiger partial charge in [0.05, 0.1) is 11.7 Å². The van der Waals surface area contributed by atoms with Crippen LogP contribution < -0.4 is 0 Å². The number of piperidine rings is 1. The van der Waals surface area contributed by atoms with Crippen LogP contribution in [0.1, 0.15) is 42.1 Å². The maximum atomic E-state index is 13.6. The lowest BCUT2D eigenvalue weighted by Crippen LogP contribution is -2.43. The average Bonchev–Trinajstić information content (AvgIpc) is 2.72. The molecular weight excluding hydrogens is 343 g/mol. The molecule has 0 aliphatic carbocycles. The van der Waals surface area contributed by atoms with Crippen LogP contribution in [0.5, 0.6) is 0 Å². The van der Waals surface area contributed by atoms with Gasteiger partial charge in [0.2, 0.25) is 0 Å². The zero-order valence-corrected chi connectivity index (χ0v) is 15.5. The van der Waals surface area contributed by atoms with E-state index in [1.165, 1.54) is 12.1 Å². The zero-order valence-electron chi connectivity index (χ0n) is 15.5. The van der Waals surface area contributed by atoms with Gasteiger partial charge in [0.15, 0.2) is 0 Å². The fourth-order valence-electron chi connectivity index (χ4n) is 3.35. The third-order valence-corrected chi connectivity index (χ3v) is 4.75. The van der Waals surface area contributed by atoms with Crippen molar-refractivity contribution < 1.29 is 13.9 Å². The Morgan fingerprint density at radius 1 is 1.30 bits per heavy atom. The van der Waals surface area contributed by atoms with Gasteiger partial charge >= 0.3 is 0 Å². The Bertz CT molecular complexity index is 860. The number of benzene rings is 2. The number of hydrogen-bond donors (Lipinski definition) is 0. The third kappa shape index (κ3) is 4.53. The Morgan fingerprint density at radius 3 is 2.89 bits per heavy atom. The number of nitrogens with zero attached hydrogens (tertiary/aromatic N) is 2. The van der Waals surface area contributed by atoms with Crippen LogP contribution in [0.25, 0.3) is 11.1 Å². The van der Waals surface area contributed by atoms with Crippen LogP contribution in [0, 0.1) is 17.1 Å². The molecule has 1 saturated heterocycles. The van der Waals surface area contributed by atoms with Crippen LogP contribution in [0.15, 0.2) is 42.5 Å². The molecule has 2 aromatic rings. The molecule has 140 valence electrons. The monoisotopic (exact) mass is 366 g/mol. The van der Waals surface area contributed by atoms with E-state index in [1.807, 2.05) is 23.1 Å². The Morgan fingerprint density at radius 2 is 2.11 bits per heavy atom.